The van der Waals surface area contributed by atoms with E-state index in [9.17, 15) is 4.79 Å². The Hall–Kier alpha value is -0.910. The molecule has 0 aromatic heterocycles. The molecular formula is C14H19ClN2O2S. The van der Waals surface area contributed by atoms with Gasteiger partial charge in [-0.1, -0.05) is 11.6 Å². The maximum atomic E-state index is 12.2. The molecule has 2 rings (SSSR count). The number of halogens is 1. The number of hydrogen-bond donors (Lipinski definition) is 1. The molecule has 2 unspecified atom stereocenters. The van der Waals surface area contributed by atoms with E-state index in [0.717, 1.165) is 4.90 Å². The fraction of sp³-hybridized carbons (Fsp3) is 0.500. The zero-order valence-electron chi connectivity index (χ0n) is 11.6. The molecule has 20 heavy (non-hydrogen) atoms. The Kier molecular flexibility index (Phi) is 5.18. The molecular weight excluding hydrogens is 296 g/mol. The molecule has 0 radical (unpaired) electrons. The topological polar surface area (TPSA) is 55.6 Å². The predicted molar refractivity (Wildman–Crippen MR) is 83.2 cm³/mol. The molecule has 0 bridgehead atoms. The Balaban J connectivity index is 1.93. The number of amides is 1. The fourth-order valence-corrected chi connectivity index (χ4v) is 3.41. The van der Waals surface area contributed by atoms with Crippen LogP contribution in [0.3, 0.4) is 0 Å². The van der Waals surface area contributed by atoms with Gasteiger partial charge in [-0.2, -0.15) is 0 Å². The van der Waals surface area contributed by atoms with Gasteiger partial charge < -0.3 is 15.4 Å². The van der Waals surface area contributed by atoms with Crippen molar-refractivity contribution < 1.29 is 9.53 Å². The Morgan fingerprint density at radius 3 is 2.75 bits per heavy atom. The average molecular weight is 315 g/mol. The molecule has 1 aromatic rings. The number of benzene rings is 1. The van der Waals surface area contributed by atoms with Crippen LogP contribution in [0.5, 0.6) is 0 Å². The lowest BCUT2D eigenvalue weighted by molar-refractivity contribution is -0.140. The monoisotopic (exact) mass is 314 g/mol. The zero-order chi connectivity index (χ0) is 14.7. The minimum Gasteiger partial charge on any atom is -0.399 e. The summed E-state index contributed by atoms with van der Waals surface area (Å²) in [6, 6.07) is 5.30. The van der Waals surface area contributed by atoms with E-state index in [0.29, 0.717) is 29.6 Å². The normalized spacial score (nSPS) is 22.9. The molecule has 110 valence electrons. The van der Waals surface area contributed by atoms with E-state index in [1.807, 2.05) is 18.7 Å². The third kappa shape index (κ3) is 4.04. The number of ether oxygens (including phenoxy) is 1. The first-order valence-electron chi connectivity index (χ1n) is 6.56. The van der Waals surface area contributed by atoms with Gasteiger partial charge in [-0.25, -0.2) is 0 Å². The first-order chi connectivity index (χ1) is 9.45. The highest BCUT2D eigenvalue weighted by Gasteiger charge is 2.25. The number of nitrogen functional groups attached to an aromatic ring is 1. The van der Waals surface area contributed by atoms with Gasteiger partial charge >= 0.3 is 0 Å². The smallest absolute Gasteiger partial charge is 0.233 e. The van der Waals surface area contributed by atoms with E-state index in [4.69, 9.17) is 22.1 Å². The summed E-state index contributed by atoms with van der Waals surface area (Å²) in [5, 5.41) is 0.626. The van der Waals surface area contributed by atoms with Gasteiger partial charge in [-0.05, 0) is 32.0 Å². The number of carbonyl (C=O) groups is 1. The van der Waals surface area contributed by atoms with Crippen LogP contribution in [0.4, 0.5) is 5.69 Å². The summed E-state index contributed by atoms with van der Waals surface area (Å²) < 4.78 is 5.63. The Morgan fingerprint density at radius 2 is 2.10 bits per heavy atom. The molecule has 1 aliphatic heterocycles. The molecule has 4 nitrogen and oxygen atoms in total. The molecule has 2 N–H and O–H groups in total. The highest BCUT2D eigenvalue weighted by atomic mass is 35.5. The highest BCUT2D eigenvalue weighted by Crippen LogP contribution is 2.29. The van der Waals surface area contributed by atoms with Crippen molar-refractivity contribution in [2.45, 2.75) is 31.0 Å². The van der Waals surface area contributed by atoms with E-state index in [-0.39, 0.29) is 18.1 Å². The Bertz CT molecular complexity index is 488. The second-order valence-electron chi connectivity index (χ2n) is 5.03. The molecule has 1 amide bonds. The van der Waals surface area contributed by atoms with Gasteiger partial charge in [-0.3, -0.25) is 4.79 Å². The average Bonchev–Trinajstić information content (AvgIpc) is 2.38. The maximum Gasteiger partial charge on any atom is 0.233 e. The summed E-state index contributed by atoms with van der Waals surface area (Å²) in [7, 11) is 0. The fourth-order valence-electron chi connectivity index (χ4n) is 2.24. The molecule has 1 fully saturated rings. The van der Waals surface area contributed by atoms with E-state index in [1.54, 1.807) is 18.2 Å². The summed E-state index contributed by atoms with van der Waals surface area (Å²) in [5.74, 6) is 0.471. The number of nitrogens with two attached hydrogens (primary N) is 1. The second kappa shape index (κ2) is 6.70. The molecule has 6 heteroatoms. The summed E-state index contributed by atoms with van der Waals surface area (Å²) in [6.07, 6.45) is 0.173. The summed E-state index contributed by atoms with van der Waals surface area (Å²) >= 11 is 7.51. The van der Waals surface area contributed by atoms with Gasteiger partial charge in [0.15, 0.2) is 0 Å². The van der Waals surface area contributed by atoms with E-state index < -0.39 is 0 Å². The molecule has 1 saturated heterocycles. The predicted octanol–water partition coefficient (Wildman–Crippen LogP) is 2.65. The largest absolute Gasteiger partial charge is 0.399 e. The minimum atomic E-state index is 0.0867. The van der Waals surface area contributed by atoms with Crippen LogP contribution in [0.1, 0.15) is 13.8 Å². The van der Waals surface area contributed by atoms with Crippen LogP contribution < -0.4 is 5.73 Å². The van der Waals surface area contributed by atoms with Gasteiger partial charge in [0.2, 0.25) is 5.91 Å². The van der Waals surface area contributed by atoms with Crippen LogP contribution in [0.2, 0.25) is 5.02 Å². The number of rotatable bonds is 3. The van der Waals surface area contributed by atoms with Crippen LogP contribution in [0.15, 0.2) is 23.1 Å². The Labute approximate surface area is 128 Å². The van der Waals surface area contributed by atoms with Gasteiger partial charge in [0.25, 0.3) is 0 Å². The molecule has 0 aliphatic carbocycles. The maximum absolute atomic E-state index is 12.2. The first-order valence-corrected chi connectivity index (χ1v) is 7.93. The van der Waals surface area contributed by atoms with Gasteiger partial charge in [0.1, 0.15) is 0 Å². The van der Waals surface area contributed by atoms with E-state index in [1.165, 1.54) is 11.8 Å². The summed E-state index contributed by atoms with van der Waals surface area (Å²) in [4.78, 5) is 14.9. The standard InChI is InChI=1S/C14H19ClN2O2S/c1-9-6-17(7-10(2)19-9)14(18)8-20-13-5-11(16)3-4-12(13)15/h3-5,9-10H,6-8,16H2,1-2H3. The van der Waals surface area contributed by atoms with Crippen LogP contribution in [0.25, 0.3) is 0 Å². The molecule has 0 saturated carbocycles. The number of nitrogens with zero attached hydrogens (tertiary/aromatic N) is 1. The summed E-state index contributed by atoms with van der Waals surface area (Å²) in [5.41, 5.74) is 6.38. The zero-order valence-corrected chi connectivity index (χ0v) is 13.2. The summed E-state index contributed by atoms with van der Waals surface area (Å²) in [6.45, 7) is 5.26. The molecule has 1 aromatic carbocycles. The van der Waals surface area contributed by atoms with Crippen molar-refractivity contribution in [1.82, 2.24) is 4.90 Å². The minimum absolute atomic E-state index is 0.0867. The van der Waals surface area contributed by atoms with Crippen LogP contribution >= 0.6 is 23.4 Å². The number of thioether (sulfide) groups is 1. The lowest BCUT2D eigenvalue weighted by atomic mass is 10.2. The van der Waals surface area contributed by atoms with Crippen molar-refractivity contribution in [2.75, 3.05) is 24.6 Å². The third-order valence-corrected chi connectivity index (χ3v) is 4.56. The number of carbonyl (C=O) groups excluding carboxylic acids is 1. The lowest BCUT2D eigenvalue weighted by Crippen LogP contribution is -2.48. The second-order valence-corrected chi connectivity index (χ2v) is 6.46. The van der Waals surface area contributed by atoms with E-state index in [2.05, 4.69) is 0 Å². The van der Waals surface area contributed by atoms with Crippen LogP contribution in [-0.4, -0.2) is 41.9 Å². The van der Waals surface area contributed by atoms with Crippen molar-refractivity contribution in [3.05, 3.63) is 23.2 Å². The van der Waals surface area contributed by atoms with Crippen molar-refractivity contribution >= 4 is 35.0 Å². The van der Waals surface area contributed by atoms with Crippen molar-refractivity contribution in [1.29, 1.82) is 0 Å². The quantitative estimate of drug-likeness (QED) is 0.688. The SMILES string of the molecule is CC1CN(C(=O)CSc2cc(N)ccc2Cl)CC(C)O1. The number of morpholine rings is 1. The van der Waals surface area contributed by atoms with Crippen molar-refractivity contribution in [3.8, 4) is 0 Å². The van der Waals surface area contributed by atoms with Crippen molar-refractivity contribution in [3.63, 3.8) is 0 Å². The van der Waals surface area contributed by atoms with Crippen LogP contribution in [0, 0.1) is 0 Å². The number of anilines is 1. The van der Waals surface area contributed by atoms with Crippen LogP contribution in [-0.2, 0) is 9.53 Å². The van der Waals surface area contributed by atoms with E-state index >= 15 is 0 Å². The van der Waals surface area contributed by atoms with Gasteiger partial charge in [0.05, 0.1) is 23.0 Å². The third-order valence-electron chi connectivity index (χ3n) is 3.08. The molecule has 1 aliphatic rings. The highest BCUT2D eigenvalue weighted by molar-refractivity contribution is 8.00. The molecule has 0 spiro atoms. The Morgan fingerprint density at radius 1 is 1.45 bits per heavy atom. The van der Waals surface area contributed by atoms with Crippen molar-refractivity contribution in [2.24, 2.45) is 0 Å². The lowest BCUT2D eigenvalue weighted by Gasteiger charge is -2.35. The van der Waals surface area contributed by atoms with Gasteiger partial charge in [0, 0.05) is 23.7 Å². The number of hydrogen-bond acceptors (Lipinski definition) is 4. The van der Waals surface area contributed by atoms with Gasteiger partial charge in [-0.15, -0.1) is 11.8 Å². The molecule has 1 heterocycles. The first kappa shape index (κ1) is 15.5. The molecule has 2 atom stereocenters.